The molecule has 1 aromatic carbocycles. The van der Waals surface area contributed by atoms with E-state index in [9.17, 15) is 18.8 Å². The zero-order valence-electron chi connectivity index (χ0n) is 13.3. The molecule has 2 heterocycles. The molecule has 132 valence electrons. The molecule has 1 aliphatic heterocycles. The Labute approximate surface area is 142 Å². The van der Waals surface area contributed by atoms with Crippen LogP contribution in [-0.4, -0.2) is 62.7 Å². The van der Waals surface area contributed by atoms with Gasteiger partial charge in [-0.15, -0.1) is 0 Å². The minimum atomic E-state index is -1.36. The number of benzene rings is 1. The fourth-order valence-corrected chi connectivity index (χ4v) is 3.22. The van der Waals surface area contributed by atoms with E-state index in [1.54, 1.807) is 24.3 Å². The molecule has 2 aromatic rings. The summed E-state index contributed by atoms with van der Waals surface area (Å²) in [6.45, 7) is -1.12. The van der Waals surface area contributed by atoms with Crippen molar-refractivity contribution in [1.29, 1.82) is 0 Å². The lowest BCUT2D eigenvalue weighted by Crippen LogP contribution is -2.42. The highest BCUT2D eigenvalue weighted by atomic mass is 19.1. The molecule has 1 aliphatic rings. The molecule has 0 bridgehead atoms. The van der Waals surface area contributed by atoms with Gasteiger partial charge >= 0.3 is 5.97 Å². The van der Waals surface area contributed by atoms with Crippen LogP contribution in [0.1, 0.15) is 16.8 Å². The van der Waals surface area contributed by atoms with E-state index < -0.39 is 36.5 Å². The van der Waals surface area contributed by atoms with Crippen LogP contribution in [0.2, 0.25) is 0 Å². The van der Waals surface area contributed by atoms with E-state index in [0.29, 0.717) is 10.9 Å². The number of carboxylic acids is 1. The number of amides is 1. The number of aliphatic hydroxyl groups excluding tert-OH is 1. The largest absolute Gasteiger partial charge is 0.480 e. The van der Waals surface area contributed by atoms with E-state index in [0.717, 1.165) is 4.90 Å². The highest BCUT2D eigenvalue weighted by Crippen LogP contribution is 2.24. The number of halogens is 1. The quantitative estimate of drug-likeness (QED) is 0.780. The molecule has 25 heavy (non-hydrogen) atoms. The molecule has 7 nitrogen and oxygen atoms in total. The number of nitrogens with zero attached hydrogens (tertiary/aromatic N) is 2. The smallest absolute Gasteiger partial charge is 0.326 e. The van der Waals surface area contributed by atoms with E-state index in [2.05, 4.69) is 0 Å². The molecule has 1 amide bonds. The number of para-hydroxylation sites is 1. The lowest BCUT2D eigenvalue weighted by Gasteiger charge is -2.21. The number of aliphatic hydroxyl groups is 1. The highest BCUT2D eigenvalue weighted by Gasteiger charge is 2.39. The number of likely N-dealkylation sites (tertiary alicyclic amines) is 1. The molecule has 0 unspecified atom stereocenters. The number of carbonyl (C=O) groups excluding carboxylic acids is 2. The maximum absolute atomic E-state index is 13.6. The Hall–Kier alpha value is -2.74. The zero-order valence-corrected chi connectivity index (χ0v) is 13.3. The number of carbonyl (C=O) groups is 3. The van der Waals surface area contributed by atoms with Crippen molar-refractivity contribution in [2.75, 3.05) is 13.2 Å². The molecule has 0 saturated carbocycles. The molecule has 8 heteroatoms. The number of alkyl halides is 1. The van der Waals surface area contributed by atoms with Crippen molar-refractivity contribution >= 4 is 28.6 Å². The number of hydrogen-bond donors (Lipinski definition) is 2. The predicted molar refractivity (Wildman–Crippen MR) is 86.0 cm³/mol. The summed E-state index contributed by atoms with van der Waals surface area (Å²) in [4.78, 5) is 36.6. The number of fused-ring (bicyclic) bond motifs is 1. The van der Waals surface area contributed by atoms with Crippen molar-refractivity contribution in [3.05, 3.63) is 36.0 Å². The maximum atomic E-state index is 13.6. The summed E-state index contributed by atoms with van der Waals surface area (Å²) in [7, 11) is 0. The summed E-state index contributed by atoms with van der Waals surface area (Å²) >= 11 is 0. The molecule has 2 atom stereocenters. The van der Waals surface area contributed by atoms with Crippen molar-refractivity contribution in [2.24, 2.45) is 0 Å². The van der Waals surface area contributed by atoms with Gasteiger partial charge in [0.25, 0.3) is 0 Å². The van der Waals surface area contributed by atoms with E-state index in [4.69, 9.17) is 10.2 Å². The van der Waals surface area contributed by atoms with E-state index in [1.807, 2.05) is 0 Å². The molecule has 1 aromatic heterocycles. The number of ketones is 1. The molecular formula is C17H17FN2O5. The Balaban J connectivity index is 1.91. The third-order valence-corrected chi connectivity index (χ3v) is 4.39. The summed E-state index contributed by atoms with van der Waals surface area (Å²) in [5.74, 6) is -2.24. The summed E-state index contributed by atoms with van der Waals surface area (Å²) in [6, 6.07) is 5.71. The summed E-state index contributed by atoms with van der Waals surface area (Å²) in [5.41, 5.74) is 0.890. The first-order valence-electron chi connectivity index (χ1n) is 7.80. The minimum Gasteiger partial charge on any atom is -0.480 e. The monoisotopic (exact) mass is 348 g/mol. The maximum Gasteiger partial charge on any atom is 0.326 e. The van der Waals surface area contributed by atoms with Gasteiger partial charge in [0.2, 0.25) is 5.91 Å². The molecular weight excluding hydrogens is 331 g/mol. The van der Waals surface area contributed by atoms with Crippen LogP contribution in [0.4, 0.5) is 4.39 Å². The molecule has 2 N–H and O–H groups in total. The topological polar surface area (TPSA) is 99.8 Å². The molecule has 1 saturated heterocycles. The number of aliphatic carboxylic acids is 1. The van der Waals surface area contributed by atoms with Gasteiger partial charge in [-0.25, -0.2) is 9.18 Å². The third-order valence-electron chi connectivity index (χ3n) is 4.39. The van der Waals surface area contributed by atoms with Gasteiger partial charge in [0.05, 0.1) is 6.54 Å². The van der Waals surface area contributed by atoms with Crippen LogP contribution in [-0.2, 0) is 16.1 Å². The lowest BCUT2D eigenvalue weighted by atomic mass is 10.1. The zero-order chi connectivity index (χ0) is 18.1. The number of carboxylic acid groups (broad SMARTS) is 1. The Morgan fingerprint density at radius 3 is 2.64 bits per heavy atom. The van der Waals surface area contributed by atoms with Crippen LogP contribution in [0.25, 0.3) is 10.9 Å². The van der Waals surface area contributed by atoms with Gasteiger partial charge in [0, 0.05) is 29.1 Å². The summed E-state index contributed by atoms with van der Waals surface area (Å²) in [5, 5.41) is 18.8. The van der Waals surface area contributed by atoms with Gasteiger partial charge in [-0.05, 0) is 6.07 Å². The Kier molecular flexibility index (Phi) is 4.54. The standard InChI is InChI=1S/C17H17FN2O5/c18-10-5-14(17(24)25)20(6-10)16(23)8-19-7-12(15(22)9-21)11-3-1-2-4-13(11)19/h1-4,7,10,14,21H,5-6,8-9H2,(H,24,25)/t10-,14+/m1/s1. The van der Waals surface area contributed by atoms with E-state index in [1.165, 1.54) is 10.8 Å². The van der Waals surface area contributed by atoms with Gasteiger partial charge in [-0.2, -0.15) is 0 Å². The highest BCUT2D eigenvalue weighted by molar-refractivity contribution is 6.08. The van der Waals surface area contributed by atoms with Crippen LogP contribution in [0.15, 0.2) is 30.5 Å². The fraction of sp³-hybridized carbons (Fsp3) is 0.353. The first-order valence-corrected chi connectivity index (χ1v) is 7.80. The SMILES string of the molecule is O=C(CO)c1cn(CC(=O)N2C[C@H](F)C[C@H]2C(=O)O)c2ccccc12. The van der Waals surface area contributed by atoms with Gasteiger partial charge < -0.3 is 19.7 Å². The number of Topliss-reactive ketones (excluding diaryl/α,β-unsaturated/α-hetero) is 1. The average molecular weight is 348 g/mol. The second-order valence-electron chi connectivity index (χ2n) is 6.00. The number of rotatable bonds is 5. The van der Waals surface area contributed by atoms with Gasteiger partial charge in [-0.1, -0.05) is 18.2 Å². The number of aromatic nitrogens is 1. The van der Waals surface area contributed by atoms with Crippen LogP contribution in [0.5, 0.6) is 0 Å². The van der Waals surface area contributed by atoms with Crippen molar-refractivity contribution in [3.63, 3.8) is 0 Å². The Bertz CT molecular complexity index is 847. The van der Waals surface area contributed by atoms with Crippen LogP contribution in [0.3, 0.4) is 0 Å². The van der Waals surface area contributed by atoms with Crippen molar-refractivity contribution in [3.8, 4) is 0 Å². The van der Waals surface area contributed by atoms with Crippen LogP contribution < -0.4 is 0 Å². The van der Waals surface area contributed by atoms with Crippen LogP contribution in [0, 0.1) is 0 Å². The first-order chi connectivity index (χ1) is 11.9. The summed E-state index contributed by atoms with van der Waals surface area (Å²) in [6.07, 6.45) is -0.125. The van der Waals surface area contributed by atoms with Crippen molar-refractivity contribution < 1.29 is 29.0 Å². The second kappa shape index (κ2) is 6.64. The molecule has 1 fully saturated rings. The van der Waals surface area contributed by atoms with Crippen LogP contribution >= 0.6 is 0 Å². The van der Waals surface area contributed by atoms with Gasteiger partial charge in [0.15, 0.2) is 5.78 Å². The van der Waals surface area contributed by atoms with E-state index in [-0.39, 0.29) is 25.1 Å². The summed E-state index contributed by atoms with van der Waals surface area (Å²) < 4.78 is 15.1. The minimum absolute atomic E-state index is 0.213. The molecule has 0 spiro atoms. The molecule has 0 aliphatic carbocycles. The molecule has 0 radical (unpaired) electrons. The predicted octanol–water partition coefficient (Wildman–Crippen LogP) is 0.840. The number of hydrogen-bond acceptors (Lipinski definition) is 4. The average Bonchev–Trinajstić information content (AvgIpc) is 3.16. The van der Waals surface area contributed by atoms with Gasteiger partial charge in [0.1, 0.15) is 25.4 Å². The third kappa shape index (κ3) is 3.12. The second-order valence-corrected chi connectivity index (χ2v) is 6.00. The first kappa shape index (κ1) is 17.1. The van der Waals surface area contributed by atoms with Crippen molar-refractivity contribution in [2.45, 2.75) is 25.2 Å². The lowest BCUT2D eigenvalue weighted by molar-refractivity contribution is -0.148. The fourth-order valence-electron chi connectivity index (χ4n) is 3.22. The Morgan fingerprint density at radius 2 is 1.96 bits per heavy atom. The van der Waals surface area contributed by atoms with Gasteiger partial charge in [-0.3, -0.25) is 9.59 Å². The normalized spacial score (nSPS) is 20.2. The van der Waals surface area contributed by atoms with Crippen molar-refractivity contribution in [1.82, 2.24) is 9.47 Å². The van der Waals surface area contributed by atoms with E-state index >= 15 is 0 Å². The Morgan fingerprint density at radius 1 is 1.24 bits per heavy atom. The molecule has 3 rings (SSSR count).